The van der Waals surface area contributed by atoms with Crippen LogP contribution in [0.5, 0.6) is 0 Å². The molecule has 0 saturated carbocycles. The summed E-state index contributed by atoms with van der Waals surface area (Å²) in [6.45, 7) is 4.71. The molecule has 0 aliphatic rings. The number of unbranched alkanes of at least 4 members (excludes halogenated alkanes) is 44. The molecule has 0 aliphatic heterocycles. The van der Waals surface area contributed by atoms with Crippen LogP contribution in [0.25, 0.3) is 0 Å². The van der Waals surface area contributed by atoms with Crippen LogP contribution in [0.2, 0.25) is 0 Å². The molecule has 0 spiro atoms. The number of likely N-dealkylation sites (N-methyl/N-ethyl adjacent to an activating group) is 1. The van der Waals surface area contributed by atoms with Gasteiger partial charge in [0.1, 0.15) is 13.2 Å². The molecule has 412 valence electrons. The summed E-state index contributed by atoms with van der Waals surface area (Å²) in [5, 5.41) is 13.9. The van der Waals surface area contributed by atoms with Crippen LogP contribution >= 0.6 is 7.82 Å². The first-order valence-corrected chi connectivity index (χ1v) is 32.0. The van der Waals surface area contributed by atoms with Gasteiger partial charge in [0.2, 0.25) is 5.91 Å². The van der Waals surface area contributed by atoms with Gasteiger partial charge in [0.25, 0.3) is 7.82 Å². The van der Waals surface area contributed by atoms with Gasteiger partial charge in [-0.1, -0.05) is 302 Å². The summed E-state index contributed by atoms with van der Waals surface area (Å²) in [5.74, 6) is -0.189. The highest BCUT2D eigenvalue weighted by Gasteiger charge is 2.23. The Labute approximate surface area is 431 Å². The zero-order chi connectivity index (χ0) is 50.6. The Bertz CT molecular complexity index is 1130. The van der Waals surface area contributed by atoms with Crippen molar-refractivity contribution in [2.75, 3.05) is 40.9 Å². The lowest BCUT2D eigenvalue weighted by Gasteiger charge is -2.29. The molecule has 0 aromatic heterocycles. The highest BCUT2D eigenvalue weighted by molar-refractivity contribution is 7.45. The van der Waals surface area contributed by atoms with Crippen molar-refractivity contribution >= 4 is 13.7 Å². The first-order chi connectivity index (χ1) is 33.5. The molecule has 0 saturated heterocycles. The Morgan fingerprint density at radius 2 is 0.783 bits per heavy atom. The topological polar surface area (TPSA) is 108 Å². The Kier molecular flexibility index (Phi) is 51.5. The molecule has 69 heavy (non-hydrogen) atoms. The molecule has 0 bridgehead atoms. The average molecular weight is 998 g/mol. The molecule has 8 nitrogen and oxygen atoms in total. The number of aliphatic hydroxyl groups excluding tert-OH is 1. The van der Waals surface area contributed by atoms with Crippen LogP contribution in [0, 0.1) is 0 Å². The number of aliphatic hydroxyl groups is 1. The smallest absolute Gasteiger partial charge is 0.268 e. The van der Waals surface area contributed by atoms with E-state index in [0.29, 0.717) is 17.4 Å². The second-order valence-corrected chi connectivity index (χ2v) is 23.8. The van der Waals surface area contributed by atoms with Crippen LogP contribution in [0.15, 0.2) is 12.2 Å². The monoisotopic (exact) mass is 997 g/mol. The van der Waals surface area contributed by atoms with Gasteiger partial charge in [-0.3, -0.25) is 9.36 Å². The fraction of sp³-hybridized carbons (Fsp3) is 0.950. The normalized spacial score (nSPS) is 13.9. The molecular weight excluding hydrogens is 876 g/mol. The lowest BCUT2D eigenvalue weighted by molar-refractivity contribution is -0.870. The minimum absolute atomic E-state index is 0.00279. The van der Waals surface area contributed by atoms with E-state index in [4.69, 9.17) is 9.05 Å². The number of quaternary nitrogens is 1. The molecule has 9 heteroatoms. The van der Waals surface area contributed by atoms with E-state index in [-0.39, 0.29) is 19.1 Å². The quantitative estimate of drug-likeness (QED) is 0.0272. The van der Waals surface area contributed by atoms with Gasteiger partial charge in [-0.2, -0.15) is 0 Å². The Hall–Kier alpha value is -0.760. The predicted molar refractivity (Wildman–Crippen MR) is 298 cm³/mol. The second kappa shape index (κ2) is 52.1. The minimum Gasteiger partial charge on any atom is -0.756 e. The van der Waals surface area contributed by atoms with Gasteiger partial charge >= 0.3 is 0 Å². The Morgan fingerprint density at radius 3 is 1.09 bits per heavy atom. The van der Waals surface area contributed by atoms with Crippen molar-refractivity contribution in [1.29, 1.82) is 0 Å². The summed E-state index contributed by atoms with van der Waals surface area (Å²) in [6, 6.07) is -0.882. The number of phosphoric ester groups is 1. The number of hydrogen-bond donors (Lipinski definition) is 2. The van der Waals surface area contributed by atoms with Crippen molar-refractivity contribution in [3.8, 4) is 0 Å². The summed E-state index contributed by atoms with van der Waals surface area (Å²) in [4.78, 5) is 25.5. The van der Waals surface area contributed by atoms with Gasteiger partial charge in [-0.05, 0) is 19.3 Å². The molecule has 3 atom stereocenters. The fourth-order valence-electron chi connectivity index (χ4n) is 9.45. The molecule has 0 rings (SSSR count). The molecule has 1 amide bonds. The first kappa shape index (κ1) is 68.2. The van der Waals surface area contributed by atoms with Crippen molar-refractivity contribution in [3.63, 3.8) is 0 Å². The fourth-order valence-corrected chi connectivity index (χ4v) is 10.2. The van der Waals surface area contributed by atoms with Gasteiger partial charge in [0.05, 0.1) is 39.9 Å². The van der Waals surface area contributed by atoms with E-state index in [2.05, 4.69) is 19.2 Å². The number of nitrogens with one attached hydrogen (secondary N) is 1. The van der Waals surface area contributed by atoms with Crippen molar-refractivity contribution in [3.05, 3.63) is 12.2 Å². The summed E-state index contributed by atoms with van der Waals surface area (Å²) < 4.78 is 23.4. The maximum atomic E-state index is 13.0. The molecular formula is C60H121N2O6P. The Morgan fingerprint density at radius 1 is 0.493 bits per heavy atom. The molecule has 0 aliphatic carbocycles. The van der Waals surface area contributed by atoms with Crippen LogP contribution in [0.3, 0.4) is 0 Å². The van der Waals surface area contributed by atoms with Gasteiger partial charge in [-0.25, -0.2) is 0 Å². The number of carbonyl (C=O) groups excluding carboxylic acids is 1. The molecule has 2 N–H and O–H groups in total. The highest BCUT2D eigenvalue weighted by atomic mass is 31.2. The van der Waals surface area contributed by atoms with E-state index in [1.807, 2.05) is 27.2 Å². The number of carbonyl (C=O) groups is 1. The molecule has 0 aromatic carbocycles. The van der Waals surface area contributed by atoms with Gasteiger partial charge in [0.15, 0.2) is 0 Å². The van der Waals surface area contributed by atoms with Gasteiger partial charge in [0, 0.05) is 6.42 Å². The summed E-state index contributed by atoms with van der Waals surface area (Å²) in [6.07, 6.45) is 64.4. The third-order valence-corrected chi connectivity index (χ3v) is 15.2. The van der Waals surface area contributed by atoms with Crippen molar-refractivity contribution in [2.45, 2.75) is 328 Å². The predicted octanol–water partition coefficient (Wildman–Crippen LogP) is 18.0. The zero-order valence-corrected chi connectivity index (χ0v) is 47.9. The van der Waals surface area contributed by atoms with Crippen LogP contribution in [-0.2, 0) is 18.4 Å². The lowest BCUT2D eigenvalue weighted by atomic mass is 10.0. The third kappa shape index (κ3) is 54.8. The van der Waals surface area contributed by atoms with Crippen molar-refractivity contribution < 1.29 is 32.9 Å². The number of amides is 1. The van der Waals surface area contributed by atoms with E-state index in [9.17, 15) is 19.4 Å². The van der Waals surface area contributed by atoms with Crippen molar-refractivity contribution in [1.82, 2.24) is 5.32 Å². The standard InChI is InChI=1S/C60H121N2O6P/c1-6-8-10-12-14-16-18-20-22-24-26-28-29-30-31-32-34-36-38-40-42-44-46-48-50-52-54-60(64)61-58(57-68-69(65,66)67-56-55-62(3,4)5)59(63)53-51-49-47-45-43-41-39-37-35-33-27-25-23-21-19-17-15-13-11-9-7-2/h51,53,58-59,63H,6-50,52,54-57H2,1-5H3,(H-,61,64,65,66)/b53-51+. The molecule has 0 heterocycles. The second-order valence-electron chi connectivity index (χ2n) is 22.4. The molecule has 3 unspecified atom stereocenters. The summed E-state index contributed by atoms with van der Waals surface area (Å²) in [7, 11) is 1.28. The number of phosphoric acid groups is 1. The summed E-state index contributed by atoms with van der Waals surface area (Å²) in [5.41, 5.74) is 0. The van der Waals surface area contributed by atoms with Gasteiger partial charge in [-0.15, -0.1) is 0 Å². The van der Waals surface area contributed by atoms with E-state index in [1.165, 1.54) is 257 Å². The third-order valence-electron chi connectivity index (χ3n) is 14.2. The highest BCUT2D eigenvalue weighted by Crippen LogP contribution is 2.38. The summed E-state index contributed by atoms with van der Waals surface area (Å²) >= 11 is 0. The van der Waals surface area contributed by atoms with Crippen LogP contribution in [0.1, 0.15) is 316 Å². The lowest BCUT2D eigenvalue weighted by Crippen LogP contribution is -2.45. The minimum atomic E-state index is -4.59. The van der Waals surface area contributed by atoms with Crippen LogP contribution < -0.4 is 10.2 Å². The van der Waals surface area contributed by atoms with Crippen LogP contribution in [0.4, 0.5) is 0 Å². The van der Waals surface area contributed by atoms with Crippen LogP contribution in [-0.4, -0.2) is 68.5 Å². The Balaban J connectivity index is 4.12. The maximum Gasteiger partial charge on any atom is 0.268 e. The number of rotatable bonds is 57. The van der Waals surface area contributed by atoms with Crippen molar-refractivity contribution in [2.24, 2.45) is 0 Å². The number of nitrogens with zero attached hydrogens (tertiary/aromatic N) is 1. The number of allylic oxidation sites excluding steroid dienone is 1. The maximum absolute atomic E-state index is 13.0. The van der Waals surface area contributed by atoms with E-state index < -0.39 is 20.0 Å². The largest absolute Gasteiger partial charge is 0.756 e. The first-order valence-electron chi connectivity index (χ1n) is 30.6. The SMILES string of the molecule is CCCCCCCCCCCCCCCCCCCCC/C=C/C(O)C(COP(=O)([O-])OCC[N+](C)(C)C)NC(=O)CCCCCCCCCCCCCCCCCCCCCCCCCCCC. The van der Waals surface area contributed by atoms with E-state index >= 15 is 0 Å². The van der Waals surface area contributed by atoms with E-state index in [0.717, 1.165) is 38.5 Å². The molecule has 0 radical (unpaired) electrons. The van der Waals surface area contributed by atoms with Gasteiger partial charge < -0.3 is 28.8 Å². The number of hydrogen-bond acceptors (Lipinski definition) is 6. The molecule has 0 fully saturated rings. The average Bonchev–Trinajstić information content (AvgIpc) is 3.31. The van der Waals surface area contributed by atoms with E-state index in [1.54, 1.807) is 6.08 Å². The molecule has 0 aromatic rings. The zero-order valence-electron chi connectivity index (χ0n) is 47.0.